The Morgan fingerprint density at radius 2 is 1.15 bits per heavy atom. The van der Waals surface area contributed by atoms with E-state index in [1.807, 2.05) is 45.0 Å². The molecule has 0 saturated heterocycles. The molecule has 0 fully saturated rings. The third-order valence-corrected chi connectivity index (χ3v) is 17.6. The van der Waals surface area contributed by atoms with Crippen molar-refractivity contribution in [2.45, 2.75) is 32.3 Å². The van der Waals surface area contributed by atoms with Crippen molar-refractivity contribution in [2.24, 2.45) is 0 Å². The summed E-state index contributed by atoms with van der Waals surface area (Å²) < 4.78 is -3.06. The molecule has 0 radical (unpaired) electrons. The van der Waals surface area contributed by atoms with Gasteiger partial charge in [-0.2, -0.15) is 0 Å². The summed E-state index contributed by atoms with van der Waals surface area (Å²) in [6, 6.07) is 37.8. The first-order valence-electron chi connectivity index (χ1n) is 11.3. The molecule has 0 amide bonds. The van der Waals surface area contributed by atoms with Crippen LogP contribution in [0.4, 0.5) is 5.69 Å². The zero-order valence-corrected chi connectivity index (χ0v) is 22.7. The molecule has 3 nitrogen and oxygen atoms in total. The van der Waals surface area contributed by atoms with E-state index in [1.54, 1.807) is 6.07 Å². The monoisotopic (exact) mass is 581 g/mol. The fraction of sp³-hybridized carbons (Fsp3) is 0.172. The maximum absolute atomic E-state index is 12.1. The molecule has 0 spiro atoms. The van der Waals surface area contributed by atoms with E-state index >= 15 is 0 Å². The fourth-order valence-corrected chi connectivity index (χ4v) is 13.5. The van der Waals surface area contributed by atoms with E-state index in [9.17, 15) is 10.1 Å². The van der Waals surface area contributed by atoms with Crippen LogP contribution in [0, 0.1) is 10.1 Å². The van der Waals surface area contributed by atoms with Gasteiger partial charge in [-0.1, -0.05) is 0 Å². The molecule has 0 aliphatic heterocycles. The number of nitrogens with zero attached hydrogens (tertiary/aromatic N) is 1. The van der Waals surface area contributed by atoms with E-state index in [0.717, 1.165) is 11.1 Å². The Bertz CT molecular complexity index is 1200. The summed E-state index contributed by atoms with van der Waals surface area (Å²) in [5, 5.41) is 15.9. The first kappa shape index (κ1) is 24.6. The van der Waals surface area contributed by atoms with Gasteiger partial charge >= 0.3 is 216 Å². The molecule has 0 saturated carbocycles. The summed E-state index contributed by atoms with van der Waals surface area (Å²) in [5.41, 5.74) is 1.62. The van der Waals surface area contributed by atoms with E-state index < -0.39 is 4.25 Å². The second-order valence-electron chi connectivity index (χ2n) is 9.71. The summed E-state index contributed by atoms with van der Waals surface area (Å²) in [4.78, 5) is 11.9. The van der Waals surface area contributed by atoms with Crippen LogP contribution in [0.5, 0.6) is 0 Å². The molecule has 4 aromatic rings. The molecule has 0 bridgehead atoms. The number of halogens is 1. The molecule has 34 heavy (non-hydrogen) atoms. The summed E-state index contributed by atoms with van der Waals surface area (Å²) >= 11 is 2.72. The van der Waals surface area contributed by atoms with Gasteiger partial charge in [0.05, 0.1) is 0 Å². The molecule has 174 valence electrons. The Hall–Kier alpha value is -2.56. The van der Waals surface area contributed by atoms with Gasteiger partial charge in [0.2, 0.25) is 0 Å². The molecule has 0 unspecified atom stereocenters. The van der Waals surface area contributed by atoms with Gasteiger partial charge < -0.3 is 0 Å². The van der Waals surface area contributed by atoms with Crippen molar-refractivity contribution in [2.75, 3.05) is 0 Å². The molecule has 0 aliphatic rings. The van der Waals surface area contributed by atoms with E-state index in [1.165, 1.54) is 15.9 Å². The van der Waals surface area contributed by atoms with Crippen LogP contribution >= 0.6 is 26.3 Å². The second kappa shape index (κ2) is 9.24. The van der Waals surface area contributed by atoms with Crippen LogP contribution < -0.4 is 15.9 Å². The number of hydrogen-bond acceptors (Lipinski definition) is 2. The number of benzene rings is 4. The molecule has 0 aromatic heterocycles. The molecule has 5 heteroatoms. The summed E-state index contributed by atoms with van der Waals surface area (Å²) in [6.07, 6.45) is 0.690. The zero-order chi connectivity index (χ0) is 24.4. The normalized spacial score (nSPS) is 13.1. The second-order valence-corrected chi connectivity index (χ2v) is 20.3. The van der Waals surface area contributed by atoms with Crippen LogP contribution in [-0.4, -0.2) is 4.92 Å². The Labute approximate surface area is 214 Å². The number of nitro groups is 1. The van der Waals surface area contributed by atoms with Crippen molar-refractivity contribution in [3.8, 4) is 0 Å². The summed E-state index contributed by atoms with van der Waals surface area (Å²) in [6.45, 7) is 6.06. The topological polar surface area (TPSA) is 43.1 Å². The van der Waals surface area contributed by atoms with Crippen LogP contribution in [0.25, 0.3) is 0 Å². The van der Waals surface area contributed by atoms with Crippen molar-refractivity contribution in [3.63, 3.8) is 0 Å². The van der Waals surface area contributed by atoms with E-state index in [0.29, 0.717) is 6.16 Å². The van der Waals surface area contributed by atoms with Crippen LogP contribution in [0.3, 0.4) is 0 Å². The van der Waals surface area contributed by atoms with Crippen LogP contribution in [-0.2, 0) is 11.6 Å². The maximum atomic E-state index is 12.1. The van der Waals surface area contributed by atoms with Crippen molar-refractivity contribution in [1.82, 2.24) is 0 Å². The van der Waals surface area contributed by atoms with Gasteiger partial charge in [0.25, 0.3) is 0 Å². The molecule has 4 rings (SSSR count). The number of nitro benzene ring substituents is 1. The van der Waals surface area contributed by atoms with Crippen molar-refractivity contribution in [1.29, 1.82) is 0 Å². The Morgan fingerprint density at radius 1 is 0.735 bits per heavy atom. The predicted molar refractivity (Wildman–Crippen MR) is 155 cm³/mol. The van der Waals surface area contributed by atoms with Crippen LogP contribution in [0.1, 0.15) is 31.9 Å². The molecule has 4 aromatic carbocycles. The SMILES string of the molecule is CC(C)(C)c1ccc(CP(I)(c2ccccc2)(c2ccccc2)c2ccccc2)cc1[N+](=O)[O-]. The van der Waals surface area contributed by atoms with Gasteiger partial charge in [0.15, 0.2) is 0 Å². The minimum atomic E-state index is -3.06. The van der Waals surface area contributed by atoms with Gasteiger partial charge in [-0.05, 0) is 0 Å². The van der Waals surface area contributed by atoms with Crippen molar-refractivity contribution >= 4 is 47.9 Å². The van der Waals surface area contributed by atoms with Gasteiger partial charge in [0, 0.05) is 0 Å². The molecular weight excluding hydrogens is 552 g/mol. The molecule has 0 N–H and O–H groups in total. The van der Waals surface area contributed by atoms with Crippen molar-refractivity contribution in [3.05, 3.63) is 130 Å². The predicted octanol–water partition coefficient (Wildman–Crippen LogP) is 7.27. The van der Waals surface area contributed by atoms with Gasteiger partial charge in [-0.15, -0.1) is 0 Å². The first-order chi connectivity index (χ1) is 16.1. The Kier molecular flexibility index (Phi) is 6.67. The fourth-order valence-electron chi connectivity index (χ4n) is 4.74. The molecular formula is C29H29INO2P. The zero-order valence-electron chi connectivity index (χ0n) is 19.7. The van der Waals surface area contributed by atoms with Gasteiger partial charge in [-0.3, -0.25) is 0 Å². The molecule has 0 atom stereocenters. The van der Waals surface area contributed by atoms with Gasteiger partial charge in [0.1, 0.15) is 0 Å². The van der Waals surface area contributed by atoms with Crippen molar-refractivity contribution < 1.29 is 4.92 Å². The number of rotatable bonds is 6. The Morgan fingerprint density at radius 3 is 1.50 bits per heavy atom. The standard InChI is InChI=1S/C29H29INO2P/c1-29(2,3)27-20-19-23(21-28(27)31(32)33)22-34(30,24-13-7-4-8-14-24,25-15-9-5-10-16-25)26-17-11-6-12-18-26/h4-21H,22H2,1-3H3. The third-order valence-electron chi connectivity index (χ3n) is 6.43. The Balaban J connectivity index is 2.05. The quantitative estimate of drug-likeness (QED) is 0.104. The van der Waals surface area contributed by atoms with E-state index in [4.69, 9.17) is 0 Å². The van der Waals surface area contributed by atoms with Gasteiger partial charge in [-0.25, -0.2) is 0 Å². The van der Waals surface area contributed by atoms with E-state index in [2.05, 4.69) is 101 Å². The third kappa shape index (κ3) is 4.30. The average Bonchev–Trinajstić information content (AvgIpc) is 2.85. The average molecular weight is 581 g/mol. The molecule has 0 heterocycles. The van der Waals surface area contributed by atoms with Crippen LogP contribution in [0.15, 0.2) is 109 Å². The minimum absolute atomic E-state index is 0.195. The van der Waals surface area contributed by atoms with E-state index in [-0.39, 0.29) is 16.0 Å². The first-order valence-corrected chi connectivity index (χ1v) is 16.5. The summed E-state index contributed by atoms with van der Waals surface area (Å²) in [5.74, 6) is 0. The van der Waals surface area contributed by atoms with Crippen LogP contribution in [0.2, 0.25) is 0 Å². The summed E-state index contributed by atoms with van der Waals surface area (Å²) in [7, 11) is 0. The number of hydrogen-bond donors (Lipinski definition) is 0. The molecule has 0 aliphatic carbocycles.